The van der Waals surface area contributed by atoms with E-state index >= 15 is 0 Å². The van der Waals surface area contributed by atoms with E-state index in [1.807, 2.05) is 26.8 Å². The van der Waals surface area contributed by atoms with Crippen molar-refractivity contribution < 1.29 is 32.2 Å². The zero-order chi connectivity index (χ0) is 25.2. The van der Waals surface area contributed by atoms with Gasteiger partial charge in [0.15, 0.2) is 18.1 Å². The summed E-state index contributed by atoms with van der Waals surface area (Å²) < 4.78 is 44.0. The summed E-state index contributed by atoms with van der Waals surface area (Å²) in [5.74, 6) is -0.115. The molecule has 1 heterocycles. The average Bonchev–Trinajstić information content (AvgIpc) is 2.84. The van der Waals surface area contributed by atoms with Crippen molar-refractivity contribution in [2.45, 2.75) is 25.7 Å². The standard InChI is InChI=1S/C26H25NO7S/c1-16-12-18(3)22(13-17(16)2)23(28)15-34-26(29)19-4-6-20(7-5-19)27-35(30,31)21-8-9-24-25(14-21)33-11-10-32-24/h4-9,12-14,27H,10-11,15H2,1-3H3. The minimum Gasteiger partial charge on any atom is -0.486 e. The summed E-state index contributed by atoms with van der Waals surface area (Å²) in [5, 5.41) is 0. The molecule has 0 aliphatic carbocycles. The number of hydrogen-bond acceptors (Lipinski definition) is 7. The van der Waals surface area contributed by atoms with E-state index in [2.05, 4.69) is 4.72 Å². The zero-order valence-corrected chi connectivity index (χ0v) is 20.4. The van der Waals surface area contributed by atoms with Crippen LogP contribution in [0.25, 0.3) is 0 Å². The lowest BCUT2D eigenvalue weighted by molar-refractivity contribution is 0.0474. The van der Waals surface area contributed by atoms with Gasteiger partial charge < -0.3 is 14.2 Å². The Balaban J connectivity index is 1.39. The van der Waals surface area contributed by atoms with Crippen LogP contribution in [0, 0.1) is 20.8 Å². The SMILES string of the molecule is Cc1cc(C)c(C(=O)COC(=O)c2ccc(NS(=O)(=O)c3ccc4c(c3)OCCO4)cc2)cc1C. The number of nitrogens with one attached hydrogen (secondary N) is 1. The van der Waals surface area contributed by atoms with Gasteiger partial charge in [0, 0.05) is 17.3 Å². The number of ketones is 1. The number of carbonyl (C=O) groups excluding carboxylic acids is 2. The van der Waals surface area contributed by atoms with Gasteiger partial charge in [-0.2, -0.15) is 0 Å². The van der Waals surface area contributed by atoms with Crippen LogP contribution in [0.15, 0.2) is 59.5 Å². The molecule has 0 unspecified atom stereocenters. The molecule has 9 heteroatoms. The fourth-order valence-electron chi connectivity index (χ4n) is 3.63. The Hall–Kier alpha value is -3.85. The molecule has 0 spiro atoms. The highest BCUT2D eigenvalue weighted by atomic mass is 32.2. The fourth-order valence-corrected chi connectivity index (χ4v) is 4.71. The second kappa shape index (κ2) is 9.79. The molecule has 3 aromatic carbocycles. The third-order valence-corrected chi connectivity index (χ3v) is 7.05. The Bertz CT molecular complexity index is 1400. The largest absolute Gasteiger partial charge is 0.486 e. The fraction of sp³-hybridized carbons (Fsp3) is 0.231. The maximum atomic E-state index is 12.8. The van der Waals surface area contributed by atoms with E-state index in [4.69, 9.17) is 14.2 Å². The first kappa shape index (κ1) is 24.3. The van der Waals surface area contributed by atoms with Crippen molar-refractivity contribution in [1.29, 1.82) is 0 Å². The van der Waals surface area contributed by atoms with Crippen LogP contribution in [0.5, 0.6) is 11.5 Å². The van der Waals surface area contributed by atoms with Crippen LogP contribution in [-0.2, 0) is 14.8 Å². The molecule has 8 nitrogen and oxygen atoms in total. The summed E-state index contributed by atoms with van der Waals surface area (Å²) in [4.78, 5) is 25.0. The molecule has 0 radical (unpaired) electrons. The summed E-state index contributed by atoms with van der Waals surface area (Å²) in [7, 11) is -3.89. The van der Waals surface area contributed by atoms with E-state index < -0.39 is 16.0 Å². The maximum absolute atomic E-state index is 12.8. The molecule has 1 N–H and O–H groups in total. The average molecular weight is 496 g/mol. The number of Topliss-reactive ketones (excluding diaryl/α,β-unsaturated/α-hetero) is 1. The van der Waals surface area contributed by atoms with E-state index in [-0.39, 0.29) is 28.5 Å². The topological polar surface area (TPSA) is 108 Å². The van der Waals surface area contributed by atoms with E-state index in [0.717, 1.165) is 16.7 Å². The minimum absolute atomic E-state index is 0.0189. The molecule has 35 heavy (non-hydrogen) atoms. The number of ether oxygens (including phenoxy) is 3. The van der Waals surface area contributed by atoms with Gasteiger partial charge in [-0.15, -0.1) is 0 Å². The van der Waals surface area contributed by atoms with Crippen LogP contribution in [-0.4, -0.2) is 40.0 Å². The molecule has 1 aliphatic heterocycles. The molecule has 3 aromatic rings. The lowest BCUT2D eigenvalue weighted by Gasteiger charge is -2.19. The Labute approximate surface area is 203 Å². The number of sulfonamides is 1. The normalized spacial score (nSPS) is 12.7. The van der Waals surface area contributed by atoms with E-state index in [0.29, 0.717) is 30.3 Å². The van der Waals surface area contributed by atoms with Gasteiger partial charge in [-0.25, -0.2) is 13.2 Å². The number of anilines is 1. The number of hydrogen-bond donors (Lipinski definition) is 1. The van der Waals surface area contributed by atoms with Crippen molar-refractivity contribution >= 4 is 27.5 Å². The van der Waals surface area contributed by atoms with Crippen molar-refractivity contribution in [1.82, 2.24) is 0 Å². The predicted octanol–water partition coefficient (Wildman–Crippen LogP) is 4.22. The van der Waals surface area contributed by atoms with E-state index in [9.17, 15) is 18.0 Å². The monoisotopic (exact) mass is 495 g/mol. The van der Waals surface area contributed by atoms with Crippen molar-refractivity contribution in [2.24, 2.45) is 0 Å². The Morgan fingerprint density at radius 2 is 1.51 bits per heavy atom. The van der Waals surface area contributed by atoms with Gasteiger partial charge in [0.25, 0.3) is 10.0 Å². The van der Waals surface area contributed by atoms with Gasteiger partial charge in [0.05, 0.1) is 10.5 Å². The van der Waals surface area contributed by atoms with Crippen molar-refractivity contribution in [2.75, 3.05) is 24.5 Å². The molecule has 0 fully saturated rings. The quantitative estimate of drug-likeness (QED) is 0.386. The maximum Gasteiger partial charge on any atom is 0.338 e. The first-order chi connectivity index (χ1) is 16.6. The predicted molar refractivity (Wildman–Crippen MR) is 130 cm³/mol. The van der Waals surface area contributed by atoms with Gasteiger partial charge >= 0.3 is 5.97 Å². The number of rotatable bonds is 7. The van der Waals surface area contributed by atoms with Crippen LogP contribution in [0.4, 0.5) is 5.69 Å². The Morgan fingerprint density at radius 3 is 2.23 bits per heavy atom. The highest BCUT2D eigenvalue weighted by Gasteiger charge is 2.20. The summed E-state index contributed by atoms with van der Waals surface area (Å²) in [6.45, 7) is 6.09. The first-order valence-corrected chi connectivity index (χ1v) is 12.4. The van der Waals surface area contributed by atoms with E-state index in [1.165, 1.54) is 36.4 Å². The highest BCUT2D eigenvalue weighted by molar-refractivity contribution is 7.92. The van der Waals surface area contributed by atoms with E-state index in [1.54, 1.807) is 12.1 Å². The van der Waals surface area contributed by atoms with Gasteiger partial charge in [-0.05, 0) is 79.9 Å². The first-order valence-electron chi connectivity index (χ1n) is 10.9. The molecule has 0 atom stereocenters. The summed E-state index contributed by atoms with van der Waals surface area (Å²) in [6.07, 6.45) is 0. The van der Waals surface area contributed by atoms with Crippen molar-refractivity contribution in [3.05, 3.63) is 82.4 Å². The van der Waals surface area contributed by atoms with Crippen LogP contribution in [0.2, 0.25) is 0 Å². The third-order valence-electron chi connectivity index (χ3n) is 5.67. The molecular weight excluding hydrogens is 470 g/mol. The molecule has 0 aromatic heterocycles. The molecule has 4 rings (SSSR count). The zero-order valence-electron chi connectivity index (χ0n) is 19.6. The van der Waals surface area contributed by atoms with Crippen LogP contribution >= 0.6 is 0 Å². The molecule has 0 amide bonds. The van der Waals surface area contributed by atoms with Crippen molar-refractivity contribution in [3.63, 3.8) is 0 Å². The summed E-state index contributed by atoms with van der Waals surface area (Å²) in [6, 6.07) is 13.8. The molecular formula is C26H25NO7S. The van der Waals surface area contributed by atoms with Crippen molar-refractivity contribution in [3.8, 4) is 11.5 Å². The molecule has 0 bridgehead atoms. The third kappa shape index (κ3) is 5.46. The Morgan fingerprint density at radius 1 is 0.857 bits per heavy atom. The molecule has 182 valence electrons. The van der Waals surface area contributed by atoms with Gasteiger partial charge in [-0.1, -0.05) is 6.07 Å². The lowest BCUT2D eigenvalue weighted by atomic mass is 9.98. The number of aryl methyl sites for hydroxylation is 3. The summed E-state index contributed by atoms with van der Waals surface area (Å²) in [5.41, 5.74) is 3.86. The number of benzene rings is 3. The number of fused-ring (bicyclic) bond motifs is 1. The van der Waals surface area contributed by atoms with Crippen LogP contribution < -0.4 is 14.2 Å². The molecule has 0 saturated carbocycles. The van der Waals surface area contributed by atoms with Gasteiger partial charge in [0.2, 0.25) is 5.78 Å². The second-order valence-electron chi connectivity index (χ2n) is 8.24. The van der Waals surface area contributed by atoms with Gasteiger partial charge in [0.1, 0.15) is 13.2 Å². The Kier molecular flexibility index (Phi) is 6.79. The highest BCUT2D eigenvalue weighted by Crippen LogP contribution is 2.32. The smallest absolute Gasteiger partial charge is 0.338 e. The van der Waals surface area contributed by atoms with Crippen LogP contribution in [0.1, 0.15) is 37.4 Å². The molecule has 0 saturated heterocycles. The summed E-state index contributed by atoms with van der Waals surface area (Å²) >= 11 is 0. The molecule has 1 aliphatic rings. The lowest BCUT2D eigenvalue weighted by Crippen LogP contribution is -2.17. The van der Waals surface area contributed by atoms with Crippen LogP contribution in [0.3, 0.4) is 0 Å². The number of esters is 1. The minimum atomic E-state index is -3.89. The number of carbonyl (C=O) groups is 2. The van der Waals surface area contributed by atoms with Gasteiger partial charge in [-0.3, -0.25) is 9.52 Å². The second-order valence-corrected chi connectivity index (χ2v) is 9.92.